The maximum absolute atomic E-state index is 14.5. The quantitative estimate of drug-likeness (QED) is 0.0299. The van der Waals surface area contributed by atoms with Gasteiger partial charge >= 0.3 is 5.97 Å². The van der Waals surface area contributed by atoms with Crippen molar-refractivity contribution < 1.29 is 92.0 Å². The normalized spacial score (nSPS) is 16.1. The third kappa shape index (κ3) is 38.5. The number of aliphatic carboxylic acids is 1. The molecule has 0 aliphatic carbocycles. The Balaban J connectivity index is 6.69. The number of hydrogen-bond acceptors (Lipinski definition) is 21. The molecule has 642 valence electrons. The van der Waals surface area contributed by atoms with Crippen molar-refractivity contribution in [3.05, 3.63) is 0 Å². The van der Waals surface area contributed by atoms with Crippen LogP contribution in [0.1, 0.15) is 202 Å². The second kappa shape index (κ2) is 53.7. The number of unbranched alkanes of at least 4 members (excludes halogenated alkanes) is 1. The van der Waals surface area contributed by atoms with Gasteiger partial charge in [0, 0.05) is 0 Å². The van der Waals surface area contributed by atoms with Gasteiger partial charge in [-0.2, -0.15) is 11.8 Å². The summed E-state index contributed by atoms with van der Waals surface area (Å²) in [5.74, 6) is -17.8. The number of primary amides is 1. The smallest absolute Gasteiger partial charge is 0.326 e. The average molecular weight is 1610 g/mol. The lowest BCUT2D eigenvalue weighted by molar-refractivity contribution is -0.144. The number of rotatable bonds is 56. The summed E-state index contributed by atoms with van der Waals surface area (Å²) in [6.07, 6.45) is 3.39. The minimum atomic E-state index is -1.73. The third-order valence-corrected chi connectivity index (χ3v) is 19.5. The number of carboxylic acid groups (broad SMARTS) is 1. The molecular formula is C75H137N17O19S. The number of amides is 15. The van der Waals surface area contributed by atoms with Crippen molar-refractivity contribution in [3.63, 3.8) is 0 Å². The summed E-state index contributed by atoms with van der Waals surface area (Å²) in [7, 11) is 0. The van der Waals surface area contributed by atoms with Gasteiger partial charge in [-0.3, -0.25) is 71.9 Å². The molecule has 17 atom stereocenters. The summed E-state index contributed by atoms with van der Waals surface area (Å²) >= 11 is 1.48. The zero-order valence-corrected chi connectivity index (χ0v) is 70.1. The van der Waals surface area contributed by atoms with Crippen LogP contribution in [0.5, 0.6) is 0 Å². The maximum Gasteiger partial charge on any atom is 0.326 e. The van der Waals surface area contributed by atoms with Gasteiger partial charge in [0.05, 0.1) is 32.2 Å². The van der Waals surface area contributed by atoms with Crippen molar-refractivity contribution in [2.45, 2.75) is 286 Å². The van der Waals surface area contributed by atoms with Crippen LogP contribution in [0, 0.1) is 53.3 Å². The number of carboxylic acids is 1. The predicted molar refractivity (Wildman–Crippen MR) is 423 cm³/mol. The molecule has 0 bridgehead atoms. The highest BCUT2D eigenvalue weighted by molar-refractivity contribution is 7.98. The molecular weight excluding hydrogens is 1470 g/mol. The van der Waals surface area contributed by atoms with Crippen LogP contribution in [0.3, 0.4) is 0 Å². The van der Waals surface area contributed by atoms with E-state index in [1.165, 1.54) is 11.8 Å². The van der Waals surface area contributed by atoms with Crippen molar-refractivity contribution in [1.82, 2.24) is 74.4 Å². The molecule has 0 spiro atoms. The summed E-state index contributed by atoms with van der Waals surface area (Å²) in [5, 5.41) is 66.6. The molecule has 0 radical (unpaired) electrons. The Hall–Kier alpha value is -8.29. The molecule has 0 fully saturated rings. The largest absolute Gasteiger partial charge is 0.480 e. The Bertz CT molecular complexity index is 3070. The van der Waals surface area contributed by atoms with Crippen LogP contribution in [0.2, 0.25) is 0 Å². The molecule has 15 amide bonds. The van der Waals surface area contributed by atoms with Gasteiger partial charge in [0.15, 0.2) is 0 Å². The standard InChI is InChI=1S/C75H137N17O19S/c1-20-43(16)59(90-68(103)52(33-55(78)95)82-64(99)47(25-23-24-27-76)80-62(97)46(77)26-28-112-19)73(108)85-50(31-39(8)9)65(100)81-49(30-38(6)7)66(101)86-53(35-93)69(104)91-60(44(17)21-2)72(107)83-48(29-37(4)5)63(98)79-34-56(96)88-57(41(12)13)71(106)84-51(32-40(10)11)67(102)87-54(36-94)70(105)92-61(45(18)22-3)74(109)89-58(42(14)15)75(110)111/h37-54,57-61,93-94H,20-36,76-77H2,1-19H3,(H2,78,95)(H,79,98)(H,80,97)(H,81,100)(H,82,99)(H,83,107)(H,84,106)(H,85,108)(H,86,101)(H,87,102)(H,88,96)(H,89,109)(H,90,103)(H,91,104)(H,92,105)(H,110,111)/t43-,44-,45-,46-,47-,48-,49-,50-,51-,52-,53-,54-,57-,58-,59-,60-,61-/m0/s1. The second-order valence-corrected chi connectivity index (χ2v) is 32.4. The van der Waals surface area contributed by atoms with E-state index < -0.39 is 235 Å². The first-order valence-corrected chi connectivity index (χ1v) is 40.6. The van der Waals surface area contributed by atoms with Gasteiger partial charge in [0.2, 0.25) is 88.6 Å². The zero-order valence-electron chi connectivity index (χ0n) is 69.3. The first-order valence-electron chi connectivity index (χ1n) is 39.2. The van der Waals surface area contributed by atoms with E-state index in [0.717, 1.165) is 0 Å². The molecule has 23 N–H and O–H groups in total. The second-order valence-electron chi connectivity index (χ2n) is 31.4. The Labute approximate surface area is 665 Å². The topological polar surface area (TPSA) is 580 Å². The number of thioether (sulfide) groups is 1. The molecule has 0 aliphatic rings. The lowest BCUT2D eigenvalue weighted by atomic mass is 9.95. The van der Waals surface area contributed by atoms with Gasteiger partial charge in [-0.1, -0.05) is 144 Å². The fraction of sp³-hybridized carbons (Fsp3) is 0.787. The van der Waals surface area contributed by atoms with Gasteiger partial charge in [0.25, 0.3) is 0 Å². The minimum Gasteiger partial charge on any atom is -0.480 e. The number of nitrogens with one attached hydrogen (secondary N) is 14. The van der Waals surface area contributed by atoms with Gasteiger partial charge in [-0.15, -0.1) is 0 Å². The molecule has 37 heteroatoms. The van der Waals surface area contributed by atoms with E-state index in [1.807, 2.05) is 6.26 Å². The first-order chi connectivity index (χ1) is 52.3. The molecule has 0 saturated carbocycles. The van der Waals surface area contributed by atoms with Gasteiger partial charge < -0.3 is 107 Å². The fourth-order valence-corrected chi connectivity index (χ4v) is 12.1. The van der Waals surface area contributed by atoms with E-state index >= 15 is 0 Å². The summed E-state index contributed by atoms with van der Waals surface area (Å²) in [4.78, 5) is 220. The van der Waals surface area contributed by atoms with Crippen LogP contribution >= 0.6 is 11.8 Å². The highest BCUT2D eigenvalue weighted by Crippen LogP contribution is 2.18. The van der Waals surface area contributed by atoms with Gasteiger partial charge in [0.1, 0.15) is 78.5 Å². The molecule has 0 unspecified atom stereocenters. The molecule has 0 heterocycles. The van der Waals surface area contributed by atoms with Crippen LogP contribution in [0.15, 0.2) is 0 Å². The monoisotopic (exact) mass is 1610 g/mol. The lowest BCUT2D eigenvalue weighted by Gasteiger charge is -2.30. The Kier molecular flexibility index (Phi) is 49.7. The SMILES string of the molecule is CC[C@H](C)[C@H](NC(=O)[C@H](CO)NC(=O)[C@H](CC(C)C)NC(=O)[C@H](CC(C)C)NC(=O)[C@@H](NC(=O)[C@H](CC(N)=O)NC(=O)[C@H](CCCCN)NC(=O)[C@@H](N)CCSC)[C@@H](C)CC)C(=O)N[C@@H](CC(C)C)C(=O)NCC(=O)N[C@H](C(=O)N[C@@H](CC(C)C)C(=O)N[C@@H](CO)C(=O)N[C@H](C(=O)N[C@H](C(=O)O)C(C)C)[C@@H](C)CC)C(C)C. The van der Waals surface area contributed by atoms with E-state index in [9.17, 15) is 92.0 Å². The van der Waals surface area contributed by atoms with Crippen molar-refractivity contribution in [2.75, 3.05) is 38.3 Å². The van der Waals surface area contributed by atoms with E-state index in [0.29, 0.717) is 44.4 Å². The molecule has 0 rings (SSSR count). The average Bonchev–Trinajstić information content (AvgIpc) is 0.853. The van der Waals surface area contributed by atoms with E-state index in [2.05, 4.69) is 74.4 Å². The minimum absolute atomic E-state index is 0.00100. The predicted octanol–water partition coefficient (Wildman–Crippen LogP) is -1.81. The van der Waals surface area contributed by atoms with Gasteiger partial charge in [-0.25, -0.2) is 4.79 Å². The molecule has 0 aromatic heterocycles. The van der Waals surface area contributed by atoms with Gasteiger partial charge in [-0.05, 0) is 123 Å². The molecule has 0 aliphatic heterocycles. The maximum atomic E-state index is 14.5. The van der Waals surface area contributed by atoms with E-state index in [1.54, 1.807) is 125 Å². The Morgan fingerprint density at radius 2 is 0.661 bits per heavy atom. The number of carbonyl (C=O) groups is 16. The van der Waals surface area contributed by atoms with Crippen LogP contribution in [-0.2, 0) is 76.7 Å². The number of nitrogens with two attached hydrogens (primary N) is 3. The van der Waals surface area contributed by atoms with Crippen molar-refractivity contribution in [1.29, 1.82) is 0 Å². The Morgan fingerprint density at radius 1 is 0.357 bits per heavy atom. The summed E-state index contributed by atoms with van der Waals surface area (Å²) in [6, 6.07) is -19.2. The zero-order chi connectivity index (χ0) is 86.1. The summed E-state index contributed by atoms with van der Waals surface area (Å²) in [6.45, 7) is 28.2. The number of aliphatic hydroxyl groups is 2. The number of carbonyl (C=O) groups excluding carboxylic acids is 15. The van der Waals surface area contributed by atoms with Crippen LogP contribution in [-0.4, -0.2) is 233 Å². The highest BCUT2D eigenvalue weighted by Gasteiger charge is 2.40. The van der Waals surface area contributed by atoms with Crippen molar-refractivity contribution >= 4 is 106 Å². The molecule has 0 aromatic rings. The molecule has 36 nitrogen and oxygen atoms in total. The van der Waals surface area contributed by atoms with E-state index in [4.69, 9.17) is 17.2 Å². The third-order valence-electron chi connectivity index (χ3n) is 18.9. The lowest BCUT2D eigenvalue weighted by Crippen LogP contribution is -2.62. The number of hydrogen-bond donors (Lipinski definition) is 20. The number of aliphatic hydroxyl groups excluding tert-OH is 2. The van der Waals surface area contributed by atoms with Crippen LogP contribution in [0.4, 0.5) is 0 Å². The Morgan fingerprint density at radius 3 is 0.991 bits per heavy atom. The summed E-state index contributed by atoms with van der Waals surface area (Å²) < 4.78 is 0. The van der Waals surface area contributed by atoms with Crippen molar-refractivity contribution in [2.24, 2.45) is 70.5 Å². The summed E-state index contributed by atoms with van der Waals surface area (Å²) in [5.41, 5.74) is 17.3. The van der Waals surface area contributed by atoms with E-state index in [-0.39, 0.29) is 62.2 Å². The molecule has 112 heavy (non-hydrogen) atoms. The van der Waals surface area contributed by atoms with Crippen molar-refractivity contribution in [3.8, 4) is 0 Å². The molecule has 0 saturated heterocycles. The first kappa shape index (κ1) is 104. The highest BCUT2D eigenvalue weighted by atomic mass is 32.2. The van der Waals surface area contributed by atoms with Crippen LogP contribution in [0.25, 0.3) is 0 Å². The fourth-order valence-electron chi connectivity index (χ4n) is 11.6. The van der Waals surface area contributed by atoms with Crippen LogP contribution < -0.4 is 91.6 Å². The molecule has 0 aromatic carbocycles.